The molecule has 0 heterocycles. The van der Waals surface area contributed by atoms with Crippen molar-refractivity contribution in [3.8, 4) is 0 Å². The summed E-state index contributed by atoms with van der Waals surface area (Å²) < 4.78 is 4.82. The second-order valence-electron chi connectivity index (χ2n) is 5.99. The first kappa shape index (κ1) is 16.9. The van der Waals surface area contributed by atoms with Gasteiger partial charge in [-0.2, -0.15) is 0 Å². The number of Topliss-reactive ketones (excluding diaryl/α,β-unsaturated/α-hetero) is 1. The lowest BCUT2D eigenvalue weighted by Crippen LogP contribution is -2.43. The lowest BCUT2D eigenvalue weighted by molar-refractivity contribution is -0.142. The second-order valence-corrected chi connectivity index (χ2v) is 5.99. The van der Waals surface area contributed by atoms with Gasteiger partial charge in [0.1, 0.15) is 6.04 Å². The predicted molar refractivity (Wildman–Crippen MR) is 92.5 cm³/mol. The number of ether oxygens (including phenoxy) is 1. The first-order chi connectivity index (χ1) is 12.1. The maximum atomic E-state index is 12.7. The Hall–Kier alpha value is -2.95. The number of benzene rings is 2. The van der Waals surface area contributed by atoms with Crippen LogP contribution in [0.4, 0.5) is 0 Å². The summed E-state index contributed by atoms with van der Waals surface area (Å²) in [5.41, 5.74) is 2.73. The van der Waals surface area contributed by atoms with E-state index in [4.69, 9.17) is 4.74 Å². The van der Waals surface area contributed by atoms with Gasteiger partial charge in [0, 0.05) is 24.0 Å². The molecule has 1 amide bonds. The maximum Gasteiger partial charge on any atom is 0.328 e. The predicted octanol–water partition coefficient (Wildman–Crippen LogP) is 2.33. The number of hydrogen-bond donors (Lipinski definition) is 1. The second kappa shape index (κ2) is 7.30. The summed E-state index contributed by atoms with van der Waals surface area (Å²) in [5, 5.41) is 2.75. The van der Waals surface area contributed by atoms with E-state index in [0.717, 1.165) is 11.1 Å². The minimum atomic E-state index is -0.784. The fraction of sp³-hybridized carbons (Fsp3) is 0.250. The first-order valence-corrected chi connectivity index (χ1v) is 8.18. The number of methoxy groups -OCH3 is 1. The Morgan fingerprint density at radius 2 is 1.84 bits per heavy atom. The van der Waals surface area contributed by atoms with Crippen molar-refractivity contribution < 1.29 is 19.1 Å². The molecule has 5 heteroatoms. The SMILES string of the molecule is COC(=O)[C@H](Cc1ccccc1)NC(=O)c1cccc2c1CCC2=O. The average Bonchev–Trinajstić information content (AvgIpc) is 3.02. The van der Waals surface area contributed by atoms with Crippen LogP contribution in [0.25, 0.3) is 0 Å². The zero-order valence-corrected chi connectivity index (χ0v) is 14.0. The molecule has 3 rings (SSSR count). The molecular weight excluding hydrogens is 318 g/mol. The number of fused-ring (bicyclic) bond motifs is 1. The van der Waals surface area contributed by atoms with Crippen LogP contribution in [-0.2, 0) is 22.4 Å². The number of nitrogens with one attached hydrogen (secondary N) is 1. The average molecular weight is 337 g/mol. The van der Waals surface area contributed by atoms with E-state index in [9.17, 15) is 14.4 Å². The summed E-state index contributed by atoms with van der Waals surface area (Å²) in [6.45, 7) is 0. The van der Waals surface area contributed by atoms with E-state index in [-0.39, 0.29) is 11.7 Å². The van der Waals surface area contributed by atoms with Crippen molar-refractivity contribution in [3.05, 3.63) is 70.8 Å². The molecule has 1 aliphatic rings. The molecule has 0 saturated heterocycles. The molecule has 2 aromatic rings. The summed E-state index contributed by atoms with van der Waals surface area (Å²) in [5.74, 6) is -0.808. The minimum absolute atomic E-state index is 0.0541. The van der Waals surface area contributed by atoms with E-state index in [1.165, 1.54) is 7.11 Å². The number of carbonyl (C=O) groups is 3. The van der Waals surface area contributed by atoms with Crippen LogP contribution in [0.5, 0.6) is 0 Å². The van der Waals surface area contributed by atoms with Crippen LogP contribution in [0.1, 0.15) is 38.3 Å². The summed E-state index contributed by atoms with van der Waals surface area (Å²) in [4.78, 5) is 36.6. The van der Waals surface area contributed by atoms with Crippen molar-refractivity contribution in [1.29, 1.82) is 0 Å². The Kier molecular flexibility index (Phi) is 4.93. The molecule has 0 aromatic heterocycles. The van der Waals surface area contributed by atoms with Crippen molar-refractivity contribution in [2.75, 3.05) is 7.11 Å². The van der Waals surface area contributed by atoms with Gasteiger partial charge in [-0.05, 0) is 23.6 Å². The summed E-state index contributed by atoms with van der Waals surface area (Å²) in [7, 11) is 1.30. The molecule has 128 valence electrons. The van der Waals surface area contributed by atoms with Crippen LogP contribution in [0, 0.1) is 0 Å². The van der Waals surface area contributed by atoms with Crippen LogP contribution in [0.3, 0.4) is 0 Å². The lowest BCUT2D eigenvalue weighted by Gasteiger charge is -2.17. The van der Waals surface area contributed by atoms with Gasteiger partial charge in [0.25, 0.3) is 5.91 Å². The number of rotatable bonds is 5. The third-order valence-electron chi connectivity index (χ3n) is 4.40. The molecule has 1 N–H and O–H groups in total. The summed E-state index contributed by atoms with van der Waals surface area (Å²) in [6.07, 6.45) is 1.32. The topological polar surface area (TPSA) is 72.5 Å². The van der Waals surface area contributed by atoms with Crippen LogP contribution < -0.4 is 5.32 Å². The monoisotopic (exact) mass is 337 g/mol. The standard InChI is InChI=1S/C20H19NO4/c1-25-20(24)17(12-13-6-3-2-4-7-13)21-19(23)16-9-5-8-15-14(16)10-11-18(15)22/h2-9,17H,10-12H2,1H3,(H,21,23)/t17-/m0/s1. The normalized spacial score (nSPS) is 13.9. The first-order valence-electron chi connectivity index (χ1n) is 8.18. The fourth-order valence-electron chi connectivity index (χ4n) is 3.12. The van der Waals surface area contributed by atoms with Crippen molar-refractivity contribution in [1.82, 2.24) is 5.32 Å². The van der Waals surface area contributed by atoms with E-state index in [0.29, 0.717) is 30.4 Å². The summed E-state index contributed by atoms with van der Waals surface area (Å²) in [6, 6.07) is 13.8. The Morgan fingerprint density at radius 3 is 2.56 bits per heavy atom. The Bertz CT molecular complexity index is 814. The minimum Gasteiger partial charge on any atom is -0.467 e. The van der Waals surface area contributed by atoms with E-state index < -0.39 is 12.0 Å². The highest BCUT2D eigenvalue weighted by molar-refractivity contribution is 6.06. The number of esters is 1. The van der Waals surface area contributed by atoms with Gasteiger partial charge in [0.2, 0.25) is 0 Å². The zero-order valence-electron chi connectivity index (χ0n) is 14.0. The van der Waals surface area contributed by atoms with Crippen LogP contribution >= 0.6 is 0 Å². The quantitative estimate of drug-likeness (QED) is 0.850. The van der Waals surface area contributed by atoms with E-state index >= 15 is 0 Å². The van der Waals surface area contributed by atoms with Gasteiger partial charge < -0.3 is 10.1 Å². The fourth-order valence-corrected chi connectivity index (χ4v) is 3.12. The Balaban J connectivity index is 1.82. The highest BCUT2D eigenvalue weighted by atomic mass is 16.5. The molecule has 0 unspecified atom stereocenters. The molecule has 0 bridgehead atoms. The summed E-state index contributed by atoms with van der Waals surface area (Å²) >= 11 is 0. The highest BCUT2D eigenvalue weighted by Gasteiger charge is 2.27. The molecule has 0 aliphatic heterocycles. The van der Waals surface area contributed by atoms with E-state index in [1.54, 1.807) is 18.2 Å². The Labute approximate surface area is 146 Å². The zero-order chi connectivity index (χ0) is 17.8. The van der Waals surface area contributed by atoms with Gasteiger partial charge in [-0.3, -0.25) is 9.59 Å². The van der Waals surface area contributed by atoms with Gasteiger partial charge in [-0.1, -0.05) is 42.5 Å². The van der Waals surface area contributed by atoms with Crippen molar-refractivity contribution in [2.24, 2.45) is 0 Å². The smallest absolute Gasteiger partial charge is 0.328 e. The van der Waals surface area contributed by atoms with Gasteiger partial charge in [-0.25, -0.2) is 4.79 Å². The highest BCUT2D eigenvalue weighted by Crippen LogP contribution is 2.25. The van der Waals surface area contributed by atoms with Gasteiger partial charge in [-0.15, -0.1) is 0 Å². The van der Waals surface area contributed by atoms with Crippen LogP contribution in [-0.4, -0.2) is 30.8 Å². The van der Waals surface area contributed by atoms with Gasteiger partial charge >= 0.3 is 5.97 Å². The largest absolute Gasteiger partial charge is 0.467 e. The molecule has 5 nitrogen and oxygen atoms in total. The van der Waals surface area contributed by atoms with Crippen molar-refractivity contribution in [2.45, 2.75) is 25.3 Å². The van der Waals surface area contributed by atoms with Gasteiger partial charge in [0.15, 0.2) is 5.78 Å². The molecular formula is C20H19NO4. The number of hydrogen-bond acceptors (Lipinski definition) is 4. The third kappa shape index (κ3) is 3.60. The lowest BCUT2D eigenvalue weighted by atomic mass is 10.0. The van der Waals surface area contributed by atoms with E-state index in [2.05, 4.69) is 5.32 Å². The molecule has 0 spiro atoms. The Morgan fingerprint density at radius 1 is 1.08 bits per heavy atom. The molecule has 2 aromatic carbocycles. The molecule has 1 atom stereocenters. The number of ketones is 1. The van der Waals surface area contributed by atoms with Gasteiger partial charge in [0.05, 0.1) is 7.11 Å². The molecule has 0 saturated carbocycles. The van der Waals surface area contributed by atoms with Crippen molar-refractivity contribution >= 4 is 17.7 Å². The molecule has 1 aliphatic carbocycles. The number of carbonyl (C=O) groups excluding carboxylic acids is 3. The van der Waals surface area contributed by atoms with E-state index in [1.807, 2.05) is 30.3 Å². The number of amides is 1. The van der Waals surface area contributed by atoms with Crippen LogP contribution in [0.2, 0.25) is 0 Å². The molecule has 25 heavy (non-hydrogen) atoms. The van der Waals surface area contributed by atoms with Crippen molar-refractivity contribution in [3.63, 3.8) is 0 Å². The maximum absolute atomic E-state index is 12.7. The third-order valence-corrected chi connectivity index (χ3v) is 4.40. The van der Waals surface area contributed by atoms with Crippen LogP contribution in [0.15, 0.2) is 48.5 Å². The molecule has 0 radical (unpaired) electrons. The molecule has 0 fully saturated rings.